The van der Waals surface area contributed by atoms with Gasteiger partial charge in [-0.05, 0) is 31.0 Å². The lowest BCUT2D eigenvalue weighted by molar-refractivity contribution is 0.00948. The Balaban J connectivity index is 1.86. The van der Waals surface area contributed by atoms with Crippen molar-refractivity contribution >= 4 is 5.78 Å². The Morgan fingerprint density at radius 3 is 2.71 bits per heavy atom. The van der Waals surface area contributed by atoms with E-state index in [1.54, 1.807) is 25.3 Å². The second-order valence-electron chi connectivity index (χ2n) is 5.66. The van der Waals surface area contributed by atoms with Crippen LogP contribution in [0.5, 0.6) is 5.75 Å². The maximum Gasteiger partial charge on any atom is 0.169 e. The molecule has 0 aliphatic carbocycles. The first-order chi connectivity index (χ1) is 10.2. The molecule has 3 rings (SSSR count). The molecule has 2 saturated heterocycles. The quantitative estimate of drug-likeness (QED) is 0.853. The molecule has 0 spiro atoms. The Labute approximate surface area is 123 Å². The molecule has 1 aromatic carbocycles. The molecule has 2 atom stereocenters. The standard InChI is InChI=1S/C16H18N2O3/c1-20-15-3-2-10(7-17)4-14(15)16(19)11-5-12-8-21-9-13(6-11)18-12/h2-4,11-13,18H,5-6,8-9H2,1H3. The van der Waals surface area contributed by atoms with Crippen LogP contribution in [0, 0.1) is 17.2 Å². The first-order valence-electron chi connectivity index (χ1n) is 7.17. The molecule has 21 heavy (non-hydrogen) atoms. The summed E-state index contributed by atoms with van der Waals surface area (Å²) < 4.78 is 10.8. The molecule has 2 bridgehead atoms. The van der Waals surface area contributed by atoms with Gasteiger partial charge in [0.05, 0.1) is 37.5 Å². The van der Waals surface area contributed by atoms with Gasteiger partial charge in [0.1, 0.15) is 5.75 Å². The van der Waals surface area contributed by atoms with Crippen LogP contribution in [0.1, 0.15) is 28.8 Å². The van der Waals surface area contributed by atoms with E-state index >= 15 is 0 Å². The third kappa shape index (κ3) is 2.78. The van der Waals surface area contributed by atoms with Gasteiger partial charge in [0.25, 0.3) is 0 Å². The molecule has 1 N–H and O–H groups in total. The third-order valence-corrected chi connectivity index (χ3v) is 4.21. The second kappa shape index (κ2) is 5.84. The van der Waals surface area contributed by atoms with Crippen LogP contribution in [0.3, 0.4) is 0 Å². The normalized spacial score (nSPS) is 27.7. The summed E-state index contributed by atoms with van der Waals surface area (Å²) in [5.41, 5.74) is 0.999. The smallest absolute Gasteiger partial charge is 0.169 e. The van der Waals surface area contributed by atoms with Crippen molar-refractivity contribution in [3.05, 3.63) is 29.3 Å². The molecular weight excluding hydrogens is 268 g/mol. The lowest BCUT2D eigenvalue weighted by Gasteiger charge is -2.39. The van der Waals surface area contributed by atoms with Crippen LogP contribution in [0.25, 0.3) is 0 Å². The zero-order valence-electron chi connectivity index (χ0n) is 12.0. The first kappa shape index (κ1) is 14.1. The zero-order chi connectivity index (χ0) is 14.8. The summed E-state index contributed by atoms with van der Waals surface area (Å²) in [7, 11) is 1.54. The van der Waals surface area contributed by atoms with Gasteiger partial charge >= 0.3 is 0 Å². The lowest BCUT2D eigenvalue weighted by Crippen LogP contribution is -2.55. The Hall–Kier alpha value is -1.90. The van der Waals surface area contributed by atoms with Gasteiger partial charge in [0.15, 0.2) is 5.78 Å². The van der Waals surface area contributed by atoms with E-state index in [1.165, 1.54) is 0 Å². The second-order valence-corrected chi connectivity index (χ2v) is 5.66. The lowest BCUT2D eigenvalue weighted by atomic mass is 9.81. The molecule has 2 unspecified atom stereocenters. The number of carbonyl (C=O) groups excluding carboxylic acids is 1. The summed E-state index contributed by atoms with van der Waals surface area (Å²) in [4.78, 5) is 12.8. The molecule has 5 heteroatoms. The molecular formula is C16H18N2O3. The number of hydrogen-bond acceptors (Lipinski definition) is 5. The van der Waals surface area contributed by atoms with Crippen molar-refractivity contribution in [3.63, 3.8) is 0 Å². The van der Waals surface area contributed by atoms with Crippen LogP contribution < -0.4 is 10.1 Å². The van der Waals surface area contributed by atoms with Crippen LogP contribution in [-0.4, -0.2) is 38.2 Å². The maximum atomic E-state index is 12.8. The summed E-state index contributed by atoms with van der Waals surface area (Å²) in [6, 6.07) is 7.56. The molecule has 0 radical (unpaired) electrons. The Kier molecular flexibility index (Phi) is 3.91. The monoisotopic (exact) mass is 286 g/mol. The van der Waals surface area contributed by atoms with Gasteiger partial charge in [-0.2, -0.15) is 5.26 Å². The molecule has 110 valence electrons. The number of ketones is 1. The highest BCUT2D eigenvalue weighted by atomic mass is 16.5. The molecule has 2 heterocycles. The van der Waals surface area contributed by atoms with E-state index < -0.39 is 0 Å². The predicted molar refractivity (Wildman–Crippen MR) is 76.3 cm³/mol. The van der Waals surface area contributed by atoms with Crippen molar-refractivity contribution in [2.45, 2.75) is 24.9 Å². The molecule has 5 nitrogen and oxygen atoms in total. The van der Waals surface area contributed by atoms with Crippen molar-refractivity contribution in [1.29, 1.82) is 5.26 Å². The number of nitriles is 1. The van der Waals surface area contributed by atoms with E-state index in [0.29, 0.717) is 30.1 Å². The predicted octanol–water partition coefficient (Wildman–Crippen LogP) is 1.52. The van der Waals surface area contributed by atoms with Crippen LogP contribution in [0.4, 0.5) is 0 Å². The van der Waals surface area contributed by atoms with Crippen molar-refractivity contribution < 1.29 is 14.3 Å². The fourth-order valence-electron chi connectivity index (χ4n) is 3.24. The number of rotatable bonds is 3. The number of hydrogen-bond donors (Lipinski definition) is 1. The number of Topliss-reactive ketones (excluding diaryl/α,β-unsaturated/α-hetero) is 1. The number of piperidine rings is 1. The molecule has 1 aromatic rings. The molecule has 2 aliphatic rings. The van der Waals surface area contributed by atoms with Crippen molar-refractivity contribution in [2.75, 3.05) is 20.3 Å². The number of fused-ring (bicyclic) bond motifs is 2. The average molecular weight is 286 g/mol. The van der Waals surface area contributed by atoms with Gasteiger partial charge in [-0.3, -0.25) is 4.79 Å². The summed E-state index contributed by atoms with van der Waals surface area (Å²) in [5, 5.41) is 12.5. The molecule has 2 fully saturated rings. The van der Waals surface area contributed by atoms with Gasteiger partial charge in [0.2, 0.25) is 0 Å². The van der Waals surface area contributed by atoms with E-state index in [2.05, 4.69) is 11.4 Å². The van der Waals surface area contributed by atoms with E-state index in [0.717, 1.165) is 12.8 Å². The summed E-state index contributed by atoms with van der Waals surface area (Å²) >= 11 is 0. The highest BCUT2D eigenvalue weighted by Crippen LogP contribution is 2.30. The minimum atomic E-state index is -0.0343. The summed E-state index contributed by atoms with van der Waals surface area (Å²) in [5.74, 6) is 0.578. The van der Waals surface area contributed by atoms with Gasteiger partial charge in [0, 0.05) is 18.0 Å². The highest BCUT2D eigenvalue weighted by molar-refractivity contribution is 6.00. The van der Waals surface area contributed by atoms with Crippen molar-refractivity contribution in [1.82, 2.24) is 5.32 Å². The Bertz CT molecular complexity index is 582. The maximum absolute atomic E-state index is 12.8. The van der Waals surface area contributed by atoms with E-state index in [-0.39, 0.29) is 23.8 Å². The number of benzene rings is 1. The minimum Gasteiger partial charge on any atom is -0.496 e. The molecule has 2 aliphatic heterocycles. The largest absolute Gasteiger partial charge is 0.496 e. The Morgan fingerprint density at radius 2 is 2.10 bits per heavy atom. The fourth-order valence-corrected chi connectivity index (χ4v) is 3.24. The fraction of sp³-hybridized carbons (Fsp3) is 0.500. The molecule has 0 amide bonds. The van der Waals surface area contributed by atoms with Gasteiger partial charge in [-0.25, -0.2) is 0 Å². The van der Waals surface area contributed by atoms with Crippen LogP contribution in [0.2, 0.25) is 0 Å². The topological polar surface area (TPSA) is 71.3 Å². The molecule has 0 saturated carbocycles. The number of methoxy groups -OCH3 is 1. The third-order valence-electron chi connectivity index (χ3n) is 4.21. The number of morpholine rings is 1. The summed E-state index contributed by atoms with van der Waals surface area (Å²) in [6.45, 7) is 1.32. The minimum absolute atomic E-state index is 0.0343. The van der Waals surface area contributed by atoms with Crippen LogP contribution in [0.15, 0.2) is 18.2 Å². The van der Waals surface area contributed by atoms with Crippen molar-refractivity contribution in [3.8, 4) is 11.8 Å². The number of carbonyl (C=O) groups is 1. The van der Waals surface area contributed by atoms with Gasteiger partial charge < -0.3 is 14.8 Å². The molecule has 0 aromatic heterocycles. The van der Waals surface area contributed by atoms with E-state index in [4.69, 9.17) is 14.7 Å². The van der Waals surface area contributed by atoms with Crippen LogP contribution >= 0.6 is 0 Å². The summed E-state index contributed by atoms with van der Waals surface area (Å²) in [6.07, 6.45) is 1.55. The Morgan fingerprint density at radius 1 is 1.38 bits per heavy atom. The van der Waals surface area contributed by atoms with Gasteiger partial charge in [-0.1, -0.05) is 0 Å². The number of nitrogens with zero attached hydrogens (tertiary/aromatic N) is 1. The van der Waals surface area contributed by atoms with Gasteiger partial charge in [-0.15, -0.1) is 0 Å². The highest BCUT2D eigenvalue weighted by Gasteiger charge is 2.36. The first-order valence-corrected chi connectivity index (χ1v) is 7.17. The number of nitrogens with one attached hydrogen (secondary N) is 1. The SMILES string of the molecule is COc1ccc(C#N)cc1C(=O)C1CC2COCC(C1)N2. The number of ether oxygens (including phenoxy) is 2. The average Bonchev–Trinajstić information content (AvgIpc) is 2.53. The van der Waals surface area contributed by atoms with Crippen molar-refractivity contribution in [2.24, 2.45) is 5.92 Å². The zero-order valence-corrected chi connectivity index (χ0v) is 12.0. The van der Waals surface area contributed by atoms with E-state index in [1.807, 2.05) is 0 Å². The van der Waals surface area contributed by atoms with Crippen LogP contribution in [-0.2, 0) is 4.74 Å². The van der Waals surface area contributed by atoms with E-state index in [9.17, 15) is 4.79 Å².